The van der Waals surface area contributed by atoms with Crippen LogP contribution >= 0.6 is 7.26 Å². The SMILES string of the molecule is CN(C)c1oc(/C=C/c2ccccc2)nc1[P+](c1ccccc1)(c1ccccc1)c1ccccc1.[I-]. The van der Waals surface area contributed by atoms with Gasteiger partial charge in [0.2, 0.25) is 5.89 Å². The summed E-state index contributed by atoms with van der Waals surface area (Å²) in [5, 5.41) is 3.73. The molecule has 0 atom stereocenters. The van der Waals surface area contributed by atoms with Gasteiger partial charge < -0.3 is 33.3 Å². The van der Waals surface area contributed by atoms with Gasteiger partial charge in [-0.2, -0.15) is 4.98 Å². The van der Waals surface area contributed by atoms with E-state index in [0.717, 1.165) is 16.9 Å². The molecule has 3 nitrogen and oxygen atoms in total. The van der Waals surface area contributed by atoms with Crippen molar-refractivity contribution < 1.29 is 28.4 Å². The fourth-order valence-electron chi connectivity index (χ4n) is 4.40. The molecule has 0 radical (unpaired) electrons. The van der Waals surface area contributed by atoms with E-state index < -0.39 is 7.26 Å². The molecule has 1 heterocycles. The van der Waals surface area contributed by atoms with Crippen molar-refractivity contribution in [3.63, 3.8) is 0 Å². The number of nitrogens with zero attached hydrogens (tertiary/aromatic N) is 2. The van der Waals surface area contributed by atoms with E-state index in [4.69, 9.17) is 9.40 Å². The molecular formula is C31H28IN2OP. The highest BCUT2D eigenvalue weighted by molar-refractivity contribution is 8.01. The van der Waals surface area contributed by atoms with E-state index >= 15 is 0 Å². The number of aromatic nitrogens is 1. The quantitative estimate of drug-likeness (QED) is 0.212. The Morgan fingerprint density at radius 1 is 0.611 bits per heavy atom. The second-order valence-corrected chi connectivity index (χ2v) is 11.8. The standard InChI is InChI=1S/C31H28N2OP.HI/c1-33(2)31-30(32-29(34-31)24-23-25-15-7-3-8-16-25)35(26-17-9-4-10-18-26,27-19-11-5-12-20-27)28-21-13-6-14-22-28;/h3-24H,1-2H3;1H/q+1;/p-1/b24-23+;. The average molecular weight is 602 g/mol. The Balaban J connectivity index is 0.00000304. The molecule has 0 amide bonds. The van der Waals surface area contributed by atoms with Gasteiger partial charge >= 0.3 is 0 Å². The van der Waals surface area contributed by atoms with Gasteiger partial charge in [-0.25, -0.2) is 0 Å². The van der Waals surface area contributed by atoms with Gasteiger partial charge in [-0.3, -0.25) is 0 Å². The van der Waals surface area contributed by atoms with Gasteiger partial charge in [-0.15, -0.1) is 0 Å². The van der Waals surface area contributed by atoms with Crippen LogP contribution in [0.15, 0.2) is 126 Å². The Labute approximate surface area is 230 Å². The summed E-state index contributed by atoms with van der Waals surface area (Å²) < 4.78 is 6.42. The minimum Gasteiger partial charge on any atom is -1.00 e. The smallest absolute Gasteiger partial charge is 0.262 e. The molecule has 0 aliphatic carbocycles. The zero-order chi connectivity index (χ0) is 24.1. The van der Waals surface area contributed by atoms with E-state index in [9.17, 15) is 0 Å². The van der Waals surface area contributed by atoms with Crippen LogP contribution in [0.5, 0.6) is 0 Å². The van der Waals surface area contributed by atoms with Crippen LogP contribution in [0, 0.1) is 0 Å². The molecule has 1 aromatic heterocycles. The van der Waals surface area contributed by atoms with E-state index in [-0.39, 0.29) is 24.0 Å². The molecule has 5 aromatic rings. The van der Waals surface area contributed by atoms with Gasteiger partial charge in [0, 0.05) is 20.2 Å². The molecule has 0 N–H and O–H groups in total. The third-order valence-electron chi connectivity index (χ3n) is 5.98. The summed E-state index contributed by atoms with van der Waals surface area (Å²) in [6.45, 7) is 0. The minimum absolute atomic E-state index is 0. The maximum Gasteiger partial charge on any atom is 0.262 e. The van der Waals surface area contributed by atoms with Crippen LogP contribution in [-0.2, 0) is 0 Å². The number of hydrogen-bond acceptors (Lipinski definition) is 3. The van der Waals surface area contributed by atoms with Crippen LogP contribution < -0.4 is 50.2 Å². The Hall–Kier alpha value is -3.21. The van der Waals surface area contributed by atoms with Crippen molar-refractivity contribution in [1.29, 1.82) is 0 Å². The van der Waals surface area contributed by atoms with Crippen molar-refractivity contribution in [3.8, 4) is 0 Å². The Morgan fingerprint density at radius 3 is 1.44 bits per heavy atom. The summed E-state index contributed by atoms with van der Waals surface area (Å²) in [5.41, 5.74) is 2.08. The highest BCUT2D eigenvalue weighted by Gasteiger charge is 2.53. The second-order valence-electron chi connectivity index (χ2n) is 8.50. The molecule has 0 fully saturated rings. The van der Waals surface area contributed by atoms with Gasteiger partial charge in [-0.05, 0) is 48.0 Å². The van der Waals surface area contributed by atoms with Crippen molar-refractivity contribution in [3.05, 3.63) is 133 Å². The number of benzene rings is 4. The Kier molecular flexibility index (Phi) is 8.40. The summed E-state index contributed by atoms with van der Waals surface area (Å²) in [4.78, 5) is 7.24. The van der Waals surface area contributed by atoms with Gasteiger partial charge in [0.05, 0.1) is 0 Å². The lowest BCUT2D eigenvalue weighted by molar-refractivity contribution is -0.00000734. The number of rotatable bonds is 7. The fraction of sp³-hybridized carbons (Fsp3) is 0.0645. The molecule has 0 aliphatic heterocycles. The van der Waals surface area contributed by atoms with Crippen LogP contribution in [-0.4, -0.2) is 19.1 Å². The Morgan fingerprint density at radius 2 is 1.03 bits per heavy atom. The zero-order valence-electron chi connectivity index (χ0n) is 20.3. The number of anilines is 1. The van der Waals surface area contributed by atoms with Crippen LogP contribution in [0.1, 0.15) is 11.5 Å². The predicted molar refractivity (Wildman–Crippen MR) is 151 cm³/mol. The van der Waals surface area contributed by atoms with Gasteiger partial charge in [0.1, 0.15) is 15.9 Å². The normalized spacial score (nSPS) is 11.3. The molecule has 36 heavy (non-hydrogen) atoms. The third kappa shape index (κ3) is 5.02. The second kappa shape index (κ2) is 11.7. The predicted octanol–water partition coefficient (Wildman–Crippen LogP) is 2.53. The molecule has 0 spiro atoms. The number of oxazole rings is 1. The average Bonchev–Trinajstić information content (AvgIpc) is 3.35. The molecule has 0 saturated carbocycles. The lowest BCUT2D eigenvalue weighted by Crippen LogP contribution is -3.00. The third-order valence-corrected chi connectivity index (χ3v) is 10.1. The van der Waals surface area contributed by atoms with Crippen molar-refractivity contribution in [1.82, 2.24) is 4.98 Å². The monoisotopic (exact) mass is 602 g/mol. The lowest BCUT2D eigenvalue weighted by atomic mass is 10.2. The van der Waals surface area contributed by atoms with E-state index in [1.165, 1.54) is 15.9 Å². The first-order chi connectivity index (χ1) is 17.2. The van der Waals surface area contributed by atoms with Crippen LogP contribution in [0.4, 0.5) is 5.88 Å². The lowest BCUT2D eigenvalue weighted by Gasteiger charge is -2.26. The maximum atomic E-state index is 6.42. The maximum absolute atomic E-state index is 6.42. The molecule has 4 aromatic carbocycles. The largest absolute Gasteiger partial charge is 1.00 e. The van der Waals surface area contributed by atoms with Crippen molar-refractivity contribution in [2.45, 2.75) is 0 Å². The zero-order valence-corrected chi connectivity index (χ0v) is 23.4. The van der Waals surface area contributed by atoms with Crippen molar-refractivity contribution in [2.75, 3.05) is 19.0 Å². The molecule has 0 aliphatic rings. The minimum atomic E-state index is -2.35. The summed E-state index contributed by atoms with van der Waals surface area (Å²) in [6.07, 6.45) is 4.00. The highest BCUT2D eigenvalue weighted by atomic mass is 127. The molecule has 0 saturated heterocycles. The summed E-state index contributed by atoms with van der Waals surface area (Å²) in [5.74, 6) is 1.38. The number of hydrogen-bond donors (Lipinski definition) is 0. The first-order valence-electron chi connectivity index (χ1n) is 11.7. The molecule has 180 valence electrons. The van der Waals surface area contributed by atoms with Gasteiger partial charge in [0.15, 0.2) is 7.26 Å². The molecule has 0 bridgehead atoms. The van der Waals surface area contributed by atoms with Crippen LogP contribution in [0.3, 0.4) is 0 Å². The van der Waals surface area contributed by atoms with E-state index in [0.29, 0.717) is 5.89 Å². The molecule has 0 unspecified atom stereocenters. The van der Waals surface area contributed by atoms with E-state index in [1.54, 1.807) is 0 Å². The summed E-state index contributed by atoms with van der Waals surface area (Å²) >= 11 is 0. The van der Waals surface area contributed by atoms with Gasteiger partial charge in [-0.1, -0.05) is 84.9 Å². The topological polar surface area (TPSA) is 29.3 Å². The van der Waals surface area contributed by atoms with E-state index in [2.05, 4.69) is 103 Å². The molecule has 5 rings (SSSR count). The van der Waals surface area contributed by atoms with E-state index in [1.807, 2.05) is 49.3 Å². The first-order valence-corrected chi connectivity index (χ1v) is 13.5. The van der Waals surface area contributed by atoms with Crippen LogP contribution in [0.2, 0.25) is 0 Å². The first kappa shape index (κ1) is 25.9. The fourth-order valence-corrected chi connectivity index (χ4v) is 8.67. The van der Waals surface area contributed by atoms with Crippen molar-refractivity contribution >= 4 is 46.6 Å². The molecule has 5 heteroatoms. The van der Waals surface area contributed by atoms with Crippen LogP contribution in [0.25, 0.3) is 12.2 Å². The summed E-state index contributed by atoms with van der Waals surface area (Å²) in [7, 11) is 1.68. The molecular weight excluding hydrogens is 574 g/mol. The highest BCUT2D eigenvalue weighted by Crippen LogP contribution is 2.55. The van der Waals surface area contributed by atoms with Gasteiger partial charge in [0.25, 0.3) is 11.3 Å². The summed E-state index contributed by atoms with van der Waals surface area (Å²) in [6, 6.07) is 42.4. The number of halogens is 1. The van der Waals surface area contributed by atoms with Crippen molar-refractivity contribution in [2.24, 2.45) is 0 Å². The Bertz CT molecular complexity index is 1310.